The van der Waals surface area contributed by atoms with E-state index in [1.807, 2.05) is 0 Å². The third-order valence-corrected chi connectivity index (χ3v) is 3.08. The Labute approximate surface area is 90.9 Å². The third-order valence-electron chi connectivity index (χ3n) is 2.77. The van der Waals surface area contributed by atoms with E-state index in [0.717, 1.165) is 19.3 Å². The number of pyridine rings is 1. The topological polar surface area (TPSA) is 70.2 Å². The average Bonchev–Trinajstić information content (AvgIpc) is 2.07. The van der Waals surface area contributed by atoms with Crippen LogP contribution in [0, 0.1) is 0 Å². The predicted octanol–water partition coefficient (Wildman–Crippen LogP) is 1.99. The van der Waals surface area contributed by atoms with E-state index in [2.05, 4.69) is 4.98 Å². The number of halogens is 1. The van der Waals surface area contributed by atoms with E-state index in [1.165, 1.54) is 6.07 Å². The number of carbonyl (C=O) groups is 1. The molecule has 1 aliphatic carbocycles. The Bertz CT molecular complexity index is 462. The highest BCUT2D eigenvalue weighted by atomic mass is 35.5. The average molecular weight is 228 g/mol. The smallest absolute Gasteiger partial charge is 0.341 e. The summed E-state index contributed by atoms with van der Waals surface area (Å²) in [5.74, 6) is -0.966. The van der Waals surface area contributed by atoms with E-state index in [0.29, 0.717) is 10.7 Å². The van der Waals surface area contributed by atoms with Gasteiger partial charge in [0.15, 0.2) is 0 Å². The van der Waals surface area contributed by atoms with Crippen LogP contribution in [-0.2, 0) is 0 Å². The van der Waals surface area contributed by atoms with Crippen molar-refractivity contribution < 1.29 is 9.90 Å². The van der Waals surface area contributed by atoms with E-state index >= 15 is 0 Å². The van der Waals surface area contributed by atoms with Gasteiger partial charge in [-0.2, -0.15) is 0 Å². The van der Waals surface area contributed by atoms with Crippen molar-refractivity contribution in [1.82, 2.24) is 4.98 Å². The van der Waals surface area contributed by atoms with Crippen LogP contribution in [0.5, 0.6) is 0 Å². The summed E-state index contributed by atoms with van der Waals surface area (Å²) in [5.41, 5.74) is -0.199. The van der Waals surface area contributed by atoms with Gasteiger partial charge in [0.05, 0.1) is 5.02 Å². The lowest BCUT2D eigenvalue weighted by atomic mass is 9.82. The van der Waals surface area contributed by atoms with Gasteiger partial charge in [-0.3, -0.25) is 4.79 Å². The quantitative estimate of drug-likeness (QED) is 0.812. The van der Waals surface area contributed by atoms with Crippen LogP contribution in [0.2, 0.25) is 5.02 Å². The summed E-state index contributed by atoms with van der Waals surface area (Å²) >= 11 is 5.92. The summed E-state index contributed by atoms with van der Waals surface area (Å²) in [5, 5.41) is 9.06. The summed E-state index contributed by atoms with van der Waals surface area (Å²) < 4.78 is 0. The molecule has 1 aromatic heterocycles. The van der Waals surface area contributed by atoms with Crippen molar-refractivity contribution in [1.29, 1.82) is 0 Å². The largest absolute Gasteiger partial charge is 0.477 e. The molecule has 1 aliphatic rings. The summed E-state index contributed by atoms with van der Waals surface area (Å²) in [4.78, 5) is 24.6. The van der Waals surface area contributed by atoms with E-state index in [1.54, 1.807) is 0 Å². The van der Waals surface area contributed by atoms with Crippen LogP contribution in [0.15, 0.2) is 10.9 Å². The molecule has 0 amide bonds. The van der Waals surface area contributed by atoms with Gasteiger partial charge in [0.2, 0.25) is 0 Å². The van der Waals surface area contributed by atoms with E-state index < -0.39 is 11.5 Å². The molecule has 1 heterocycles. The minimum atomic E-state index is -1.25. The van der Waals surface area contributed by atoms with Crippen LogP contribution in [0.25, 0.3) is 0 Å². The summed E-state index contributed by atoms with van der Waals surface area (Å²) in [7, 11) is 0. The normalized spacial score (nSPS) is 16.1. The van der Waals surface area contributed by atoms with Crippen LogP contribution in [0.4, 0.5) is 0 Å². The number of carboxylic acid groups (broad SMARTS) is 1. The molecule has 0 saturated heterocycles. The lowest BCUT2D eigenvalue weighted by Crippen LogP contribution is -2.22. The van der Waals surface area contributed by atoms with E-state index in [-0.39, 0.29) is 11.5 Å². The van der Waals surface area contributed by atoms with E-state index in [4.69, 9.17) is 16.7 Å². The minimum absolute atomic E-state index is 0.285. The highest BCUT2D eigenvalue weighted by molar-refractivity contribution is 6.31. The van der Waals surface area contributed by atoms with Crippen LogP contribution in [0.1, 0.15) is 41.2 Å². The molecule has 4 nitrogen and oxygen atoms in total. The molecular formula is C10H10ClNO3. The summed E-state index contributed by atoms with van der Waals surface area (Å²) in [6.45, 7) is 0. The maximum absolute atomic E-state index is 11.4. The van der Waals surface area contributed by atoms with Crippen molar-refractivity contribution in [3.63, 3.8) is 0 Å². The van der Waals surface area contributed by atoms with Crippen LogP contribution < -0.4 is 5.56 Å². The third kappa shape index (κ3) is 1.77. The number of nitrogens with one attached hydrogen (secondary N) is 1. The van der Waals surface area contributed by atoms with Crippen LogP contribution >= 0.6 is 11.6 Å². The maximum atomic E-state index is 11.4. The molecule has 1 aromatic rings. The Kier molecular flexibility index (Phi) is 2.52. The van der Waals surface area contributed by atoms with Gasteiger partial charge in [-0.1, -0.05) is 18.0 Å². The number of aromatic nitrogens is 1. The van der Waals surface area contributed by atoms with Crippen LogP contribution in [0.3, 0.4) is 0 Å². The second-order valence-corrected chi connectivity index (χ2v) is 4.11. The predicted molar refractivity (Wildman–Crippen MR) is 55.6 cm³/mol. The zero-order chi connectivity index (χ0) is 11.0. The molecule has 0 spiro atoms. The second-order valence-electron chi connectivity index (χ2n) is 3.71. The molecule has 1 saturated carbocycles. The number of H-pyrrole nitrogens is 1. The van der Waals surface area contributed by atoms with Crippen molar-refractivity contribution in [2.45, 2.75) is 25.2 Å². The number of aromatic amines is 1. The molecule has 2 N–H and O–H groups in total. The zero-order valence-electron chi connectivity index (χ0n) is 7.92. The standard InChI is InChI=1S/C10H10ClNO3/c11-7-4-6(10(14)15)9(13)12-8(7)5-2-1-3-5/h4-5H,1-3H2,(H,12,13)(H,14,15). The minimum Gasteiger partial charge on any atom is -0.477 e. The highest BCUT2D eigenvalue weighted by Gasteiger charge is 2.24. The van der Waals surface area contributed by atoms with Crippen molar-refractivity contribution in [3.8, 4) is 0 Å². The Balaban J connectivity index is 2.47. The Hall–Kier alpha value is -1.29. The molecule has 0 radical (unpaired) electrons. The molecule has 0 aliphatic heterocycles. The molecule has 0 aromatic carbocycles. The molecule has 0 atom stereocenters. The lowest BCUT2D eigenvalue weighted by molar-refractivity contribution is 0.0695. The monoisotopic (exact) mass is 227 g/mol. The van der Waals surface area contributed by atoms with Gasteiger partial charge in [0.25, 0.3) is 5.56 Å². The van der Waals surface area contributed by atoms with Crippen LogP contribution in [-0.4, -0.2) is 16.1 Å². The highest BCUT2D eigenvalue weighted by Crippen LogP contribution is 2.37. The fourth-order valence-corrected chi connectivity index (χ4v) is 1.98. The zero-order valence-corrected chi connectivity index (χ0v) is 8.67. The number of hydrogen-bond donors (Lipinski definition) is 2. The van der Waals surface area contributed by atoms with Gasteiger partial charge in [-0.05, 0) is 18.9 Å². The van der Waals surface area contributed by atoms with Gasteiger partial charge >= 0.3 is 5.97 Å². The first-order valence-corrected chi connectivity index (χ1v) is 5.13. The van der Waals surface area contributed by atoms with Crippen molar-refractivity contribution >= 4 is 17.6 Å². The molecule has 5 heteroatoms. The van der Waals surface area contributed by atoms with Gasteiger partial charge in [-0.25, -0.2) is 4.79 Å². The lowest BCUT2D eigenvalue weighted by Gasteiger charge is -2.26. The molecule has 0 bridgehead atoms. The van der Waals surface area contributed by atoms with Gasteiger partial charge < -0.3 is 10.1 Å². The van der Waals surface area contributed by atoms with Gasteiger partial charge in [-0.15, -0.1) is 0 Å². The molecule has 15 heavy (non-hydrogen) atoms. The number of carboxylic acids is 1. The molecular weight excluding hydrogens is 218 g/mol. The van der Waals surface area contributed by atoms with Gasteiger partial charge in [0.1, 0.15) is 5.56 Å². The summed E-state index contributed by atoms with van der Waals surface area (Å²) in [6.07, 6.45) is 3.13. The molecule has 1 fully saturated rings. The molecule has 80 valence electrons. The van der Waals surface area contributed by atoms with E-state index in [9.17, 15) is 9.59 Å². The number of aromatic carboxylic acids is 1. The first-order chi connectivity index (χ1) is 7.09. The maximum Gasteiger partial charge on any atom is 0.341 e. The first-order valence-electron chi connectivity index (χ1n) is 4.75. The fraction of sp³-hybridized carbons (Fsp3) is 0.400. The van der Waals surface area contributed by atoms with Gasteiger partial charge in [0, 0.05) is 11.6 Å². The van der Waals surface area contributed by atoms with Crippen molar-refractivity contribution in [3.05, 3.63) is 32.7 Å². The Morgan fingerprint density at radius 3 is 2.67 bits per heavy atom. The number of rotatable bonds is 2. The first kappa shape index (κ1) is 10.2. The Morgan fingerprint density at radius 1 is 1.53 bits per heavy atom. The fourth-order valence-electron chi connectivity index (χ4n) is 1.67. The number of hydrogen-bond acceptors (Lipinski definition) is 2. The van der Waals surface area contributed by atoms with Crippen molar-refractivity contribution in [2.24, 2.45) is 0 Å². The SMILES string of the molecule is O=C(O)c1cc(Cl)c(C2CCC2)[nH]c1=O. The summed E-state index contributed by atoms with van der Waals surface area (Å²) in [6, 6.07) is 1.23. The van der Waals surface area contributed by atoms with Crippen molar-refractivity contribution in [2.75, 3.05) is 0 Å². The molecule has 2 rings (SSSR count). The second kappa shape index (κ2) is 3.70. The Morgan fingerprint density at radius 2 is 2.20 bits per heavy atom. The molecule has 0 unspecified atom stereocenters.